The number of nitrogens with one attached hydrogen (secondary N) is 1. The summed E-state index contributed by atoms with van der Waals surface area (Å²) in [5.74, 6) is -1.40. The Balaban J connectivity index is 2.01. The maximum absolute atomic E-state index is 13.0. The van der Waals surface area contributed by atoms with Crippen molar-refractivity contribution in [1.82, 2.24) is 9.97 Å². The molecule has 1 fully saturated rings. The monoisotopic (exact) mass is 369 g/mol. The Kier molecular flexibility index (Phi) is 4.49. The number of nitrogens with zero attached hydrogens (tertiary/aromatic N) is 2. The standard InChI is InChI=1S/C20H20ClN3O2/c1-10(2)7-14-16(20(14,3)4)17(25)13(9-22)18-23-15-8-11(21)5-6-12(15)19(26)24-18/h5-8,13-14,16H,1-4H3,(H,23,24,26)/t13-,14-,16+/m1/s1. The van der Waals surface area contributed by atoms with E-state index in [4.69, 9.17) is 11.6 Å². The number of nitriles is 1. The van der Waals surface area contributed by atoms with Gasteiger partial charge in [0.1, 0.15) is 5.82 Å². The Morgan fingerprint density at radius 2 is 2.12 bits per heavy atom. The predicted molar refractivity (Wildman–Crippen MR) is 101 cm³/mol. The number of Topliss-reactive ketones (excluding diaryl/α,β-unsaturated/α-hetero) is 1. The Morgan fingerprint density at radius 1 is 1.42 bits per heavy atom. The molecule has 3 atom stereocenters. The van der Waals surface area contributed by atoms with Crippen LogP contribution < -0.4 is 5.56 Å². The molecule has 26 heavy (non-hydrogen) atoms. The lowest BCUT2D eigenvalue weighted by Crippen LogP contribution is -2.22. The van der Waals surface area contributed by atoms with Gasteiger partial charge in [0.15, 0.2) is 11.7 Å². The Bertz CT molecular complexity index is 1030. The van der Waals surface area contributed by atoms with Gasteiger partial charge in [-0.1, -0.05) is 37.1 Å². The van der Waals surface area contributed by atoms with Gasteiger partial charge in [-0.25, -0.2) is 4.98 Å². The molecule has 0 radical (unpaired) electrons. The minimum Gasteiger partial charge on any atom is -0.308 e. The number of aromatic amines is 1. The van der Waals surface area contributed by atoms with E-state index in [-0.39, 0.29) is 34.4 Å². The van der Waals surface area contributed by atoms with E-state index in [0.29, 0.717) is 15.9 Å². The minimum absolute atomic E-state index is 0.0796. The molecule has 5 nitrogen and oxygen atoms in total. The summed E-state index contributed by atoms with van der Waals surface area (Å²) in [6, 6.07) is 6.75. The molecule has 1 aromatic heterocycles. The van der Waals surface area contributed by atoms with Crippen LogP contribution >= 0.6 is 11.6 Å². The molecule has 1 aliphatic carbocycles. The molecule has 3 rings (SSSR count). The summed E-state index contributed by atoms with van der Waals surface area (Å²) in [6.45, 7) is 8.02. The van der Waals surface area contributed by atoms with Gasteiger partial charge < -0.3 is 4.98 Å². The third-order valence-electron chi connectivity index (χ3n) is 5.10. The highest BCUT2D eigenvalue weighted by molar-refractivity contribution is 6.31. The number of carbonyl (C=O) groups is 1. The van der Waals surface area contributed by atoms with Gasteiger partial charge in [-0.2, -0.15) is 5.26 Å². The maximum atomic E-state index is 13.0. The van der Waals surface area contributed by atoms with E-state index >= 15 is 0 Å². The first-order chi connectivity index (χ1) is 12.2. The van der Waals surface area contributed by atoms with E-state index in [0.717, 1.165) is 5.57 Å². The molecule has 134 valence electrons. The highest BCUT2D eigenvalue weighted by Gasteiger charge is 2.61. The lowest BCUT2D eigenvalue weighted by Gasteiger charge is -2.09. The van der Waals surface area contributed by atoms with Crippen LogP contribution in [0.3, 0.4) is 0 Å². The number of benzene rings is 1. The summed E-state index contributed by atoms with van der Waals surface area (Å²) in [5.41, 5.74) is 0.925. The number of carbonyl (C=O) groups excluding carboxylic acids is 1. The zero-order valence-corrected chi connectivity index (χ0v) is 15.9. The van der Waals surface area contributed by atoms with Gasteiger partial charge in [0, 0.05) is 10.9 Å². The minimum atomic E-state index is -1.11. The lowest BCUT2D eigenvalue weighted by molar-refractivity contribution is -0.121. The fraction of sp³-hybridized carbons (Fsp3) is 0.400. The first kappa shape index (κ1) is 18.3. The number of halogens is 1. The van der Waals surface area contributed by atoms with Gasteiger partial charge in [-0.3, -0.25) is 9.59 Å². The largest absolute Gasteiger partial charge is 0.308 e. The topological polar surface area (TPSA) is 86.6 Å². The second-order valence-corrected chi connectivity index (χ2v) is 8.08. The van der Waals surface area contributed by atoms with Crippen molar-refractivity contribution in [3.05, 3.63) is 51.0 Å². The van der Waals surface area contributed by atoms with E-state index in [1.807, 2.05) is 33.8 Å². The van der Waals surface area contributed by atoms with Crippen molar-refractivity contribution in [3.8, 4) is 6.07 Å². The number of allylic oxidation sites excluding steroid dienone is 2. The van der Waals surface area contributed by atoms with Gasteiger partial charge >= 0.3 is 0 Å². The molecule has 1 saturated carbocycles. The van der Waals surface area contributed by atoms with Crippen LogP contribution in [0.25, 0.3) is 10.9 Å². The van der Waals surface area contributed by atoms with Gasteiger partial charge in [0.25, 0.3) is 5.56 Å². The average molecular weight is 370 g/mol. The van der Waals surface area contributed by atoms with E-state index in [1.165, 1.54) is 0 Å². The third-order valence-corrected chi connectivity index (χ3v) is 5.34. The van der Waals surface area contributed by atoms with E-state index in [1.54, 1.807) is 18.2 Å². The van der Waals surface area contributed by atoms with Gasteiger partial charge in [0.05, 0.1) is 17.0 Å². The van der Waals surface area contributed by atoms with Crippen LogP contribution in [0.2, 0.25) is 5.02 Å². The van der Waals surface area contributed by atoms with Crippen LogP contribution in [0.15, 0.2) is 34.6 Å². The SMILES string of the molecule is CC(C)=C[C@@H]1[C@@H](C(=O)[C@@H](C#N)c2nc3cc(Cl)ccc3c(=O)[nH]2)C1(C)C. The van der Waals surface area contributed by atoms with Gasteiger partial charge in [0.2, 0.25) is 0 Å². The molecular formula is C20H20ClN3O2. The zero-order chi connectivity index (χ0) is 19.2. The van der Waals surface area contributed by atoms with Gasteiger partial charge in [-0.15, -0.1) is 0 Å². The van der Waals surface area contributed by atoms with Crippen LogP contribution in [0.4, 0.5) is 0 Å². The van der Waals surface area contributed by atoms with Crippen LogP contribution in [-0.2, 0) is 4.79 Å². The van der Waals surface area contributed by atoms with Crippen LogP contribution in [0.1, 0.15) is 39.4 Å². The summed E-state index contributed by atoms with van der Waals surface area (Å²) < 4.78 is 0. The van der Waals surface area contributed by atoms with E-state index < -0.39 is 5.92 Å². The van der Waals surface area contributed by atoms with Crippen molar-refractivity contribution >= 4 is 28.3 Å². The second-order valence-electron chi connectivity index (χ2n) is 7.65. The van der Waals surface area contributed by atoms with Crippen LogP contribution in [-0.4, -0.2) is 15.8 Å². The second kappa shape index (κ2) is 6.37. The first-order valence-corrected chi connectivity index (χ1v) is 8.82. The molecule has 6 heteroatoms. The average Bonchev–Trinajstić information content (AvgIpc) is 3.07. The molecule has 0 bridgehead atoms. The number of aromatic nitrogens is 2. The van der Waals surface area contributed by atoms with Crippen LogP contribution in [0.5, 0.6) is 0 Å². The summed E-state index contributed by atoms with van der Waals surface area (Å²) in [6.07, 6.45) is 2.08. The van der Waals surface area contributed by atoms with Crippen molar-refractivity contribution in [2.45, 2.75) is 33.6 Å². The summed E-state index contributed by atoms with van der Waals surface area (Å²) in [5, 5.41) is 10.4. The fourth-order valence-electron chi connectivity index (χ4n) is 3.60. The normalized spacial score (nSPS) is 21.7. The van der Waals surface area contributed by atoms with Gasteiger partial charge in [-0.05, 0) is 43.4 Å². The van der Waals surface area contributed by atoms with Crippen molar-refractivity contribution in [2.24, 2.45) is 17.3 Å². The highest BCUT2D eigenvalue weighted by atomic mass is 35.5. The molecule has 1 N–H and O–H groups in total. The Labute approximate surface area is 156 Å². The smallest absolute Gasteiger partial charge is 0.258 e. The molecule has 1 aliphatic rings. The predicted octanol–water partition coefficient (Wildman–Crippen LogP) is 3.99. The maximum Gasteiger partial charge on any atom is 0.258 e. The molecule has 0 saturated heterocycles. The molecule has 1 heterocycles. The number of hydrogen-bond donors (Lipinski definition) is 1. The number of ketones is 1. The molecule has 0 aliphatic heterocycles. The van der Waals surface area contributed by atoms with E-state index in [9.17, 15) is 14.9 Å². The number of fused-ring (bicyclic) bond motifs is 1. The fourth-order valence-corrected chi connectivity index (χ4v) is 3.76. The molecule has 0 amide bonds. The van der Waals surface area contributed by atoms with Crippen molar-refractivity contribution in [2.75, 3.05) is 0 Å². The third kappa shape index (κ3) is 3.06. The summed E-state index contributed by atoms with van der Waals surface area (Å²) in [7, 11) is 0. The first-order valence-electron chi connectivity index (χ1n) is 8.44. The Hall–Kier alpha value is -2.45. The van der Waals surface area contributed by atoms with Crippen LogP contribution in [0, 0.1) is 28.6 Å². The molecular weight excluding hydrogens is 350 g/mol. The molecule has 1 aromatic carbocycles. The molecule has 2 aromatic rings. The lowest BCUT2D eigenvalue weighted by atomic mass is 9.96. The number of rotatable bonds is 4. The molecule has 0 unspecified atom stereocenters. The van der Waals surface area contributed by atoms with Crippen molar-refractivity contribution in [1.29, 1.82) is 5.26 Å². The van der Waals surface area contributed by atoms with Crippen molar-refractivity contribution in [3.63, 3.8) is 0 Å². The summed E-state index contributed by atoms with van der Waals surface area (Å²) >= 11 is 5.97. The number of hydrogen-bond acceptors (Lipinski definition) is 4. The quantitative estimate of drug-likeness (QED) is 0.825. The highest BCUT2D eigenvalue weighted by Crippen LogP contribution is 2.60. The zero-order valence-electron chi connectivity index (χ0n) is 15.1. The van der Waals surface area contributed by atoms with E-state index in [2.05, 4.69) is 16.0 Å². The molecule has 0 spiro atoms. The Morgan fingerprint density at radius 3 is 2.73 bits per heavy atom. The van der Waals surface area contributed by atoms with Crippen molar-refractivity contribution < 1.29 is 4.79 Å². The number of H-pyrrole nitrogens is 1. The summed E-state index contributed by atoms with van der Waals surface area (Å²) in [4.78, 5) is 32.3.